The van der Waals surface area contributed by atoms with Crippen molar-refractivity contribution in [2.45, 2.75) is 13.8 Å². The molecule has 5 nitrogen and oxygen atoms in total. The van der Waals surface area contributed by atoms with Gasteiger partial charge in [0.1, 0.15) is 5.69 Å². The summed E-state index contributed by atoms with van der Waals surface area (Å²) < 4.78 is 5.38. The molecular weight excluding hydrogens is 403 g/mol. The molecule has 0 spiro atoms. The van der Waals surface area contributed by atoms with Crippen LogP contribution in [-0.2, 0) is 0 Å². The van der Waals surface area contributed by atoms with Crippen molar-refractivity contribution in [1.82, 2.24) is 9.88 Å². The van der Waals surface area contributed by atoms with Crippen molar-refractivity contribution in [3.05, 3.63) is 45.6 Å². The maximum Gasteiger partial charge on any atom is 0.237 e. The van der Waals surface area contributed by atoms with Gasteiger partial charge in [0, 0.05) is 47.6 Å². The Morgan fingerprint density at radius 3 is 2.30 bits per heavy atom. The Kier molecular flexibility index (Phi) is 6.29. The van der Waals surface area contributed by atoms with E-state index >= 15 is 0 Å². The average Bonchev–Trinajstić information content (AvgIpc) is 2.63. The van der Waals surface area contributed by atoms with E-state index in [1.54, 1.807) is 13.2 Å². The topological polar surface area (TPSA) is 40.6 Å². The summed E-state index contributed by atoms with van der Waals surface area (Å²) in [7, 11) is 1.61. The van der Waals surface area contributed by atoms with Crippen LogP contribution in [0, 0.1) is 13.8 Å². The number of hydrogen-bond acceptors (Lipinski definition) is 4. The SMILES string of the molecule is COc1nc(C)c(C)cc1NC(=S)N1CCN(c2cc(Cl)cc(Cl)c2)CC1. The Balaban J connectivity index is 1.64. The van der Waals surface area contributed by atoms with Crippen molar-refractivity contribution in [2.75, 3.05) is 43.5 Å². The van der Waals surface area contributed by atoms with Crippen LogP contribution in [-0.4, -0.2) is 48.3 Å². The van der Waals surface area contributed by atoms with Gasteiger partial charge in [-0.05, 0) is 55.9 Å². The van der Waals surface area contributed by atoms with Crippen molar-refractivity contribution in [1.29, 1.82) is 0 Å². The van der Waals surface area contributed by atoms with E-state index in [1.807, 2.05) is 32.0 Å². The van der Waals surface area contributed by atoms with Crippen LogP contribution in [0.2, 0.25) is 10.0 Å². The number of halogens is 2. The maximum absolute atomic E-state index is 6.12. The Morgan fingerprint density at radius 1 is 1.07 bits per heavy atom. The molecule has 0 saturated carbocycles. The molecule has 1 fully saturated rings. The normalized spacial score (nSPS) is 14.3. The van der Waals surface area contributed by atoms with E-state index < -0.39 is 0 Å². The molecule has 0 aliphatic carbocycles. The monoisotopic (exact) mass is 424 g/mol. The molecule has 1 aromatic heterocycles. The zero-order chi connectivity index (χ0) is 19.6. The fourth-order valence-electron chi connectivity index (χ4n) is 3.01. The number of aryl methyl sites for hydroxylation is 2. The number of methoxy groups -OCH3 is 1. The van der Waals surface area contributed by atoms with Crippen LogP contribution in [0.5, 0.6) is 5.88 Å². The molecule has 1 saturated heterocycles. The Hall–Kier alpha value is -1.76. The third-order valence-electron chi connectivity index (χ3n) is 4.65. The second-order valence-corrected chi connectivity index (χ2v) is 7.74. The molecule has 0 amide bonds. The fraction of sp³-hybridized carbons (Fsp3) is 0.368. The summed E-state index contributed by atoms with van der Waals surface area (Å²) in [6.45, 7) is 7.25. The number of anilines is 2. The third-order valence-corrected chi connectivity index (χ3v) is 5.44. The van der Waals surface area contributed by atoms with Gasteiger partial charge in [0.2, 0.25) is 5.88 Å². The first-order chi connectivity index (χ1) is 12.9. The van der Waals surface area contributed by atoms with E-state index in [4.69, 9.17) is 40.2 Å². The molecule has 1 aliphatic heterocycles. The molecule has 0 atom stereocenters. The highest BCUT2D eigenvalue weighted by Crippen LogP contribution is 2.27. The second-order valence-electron chi connectivity index (χ2n) is 6.48. The molecule has 0 bridgehead atoms. The summed E-state index contributed by atoms with van der Waals surface area (Å²) in [4.78, 5) is 8.87. The molecule has 0 unspecified atom stereocenters. The van der Waals surface area contributed by atoms with Crippen LogP contribution in [0.3, 0.4) is 0 Å². The maximum atomic E-state index is 6.12. The van der Waals surface area contributed by atoms with Gasteiger partial charge in [-0.1, -0.05) is 23.2 Å². The van der Waals surface area contributed by atoms with Crippen LogP contribution in [0.1, 0.15) is 11.3 Å². The lowest BCUT2D eigenvalue weighted by molar-refractivity contribution is 0.388. The van der Waals surface area contributed by atoms with Gasteiger partial charge in [-0.25, -0.2) is 4.98 Å². The van der Waals surface area contributed by atoms with Gasteiger partial charge in [-0.15, -0.1) is 0 Å². The van der Waals surface area contributed by atoms with Gasteiger partial charge in [0.25, 0.3) is 0 Å². The standard InChI is InChI=1S/C19H22Cl2N4OS/c1-12-8-17(18(26-3)22-13(12)2)23-19(27)25-6-4-24(5-7-25)16-10-14(20)9-15(21)11-16/h8-11H,4-7H2,1-3H3,(H,23,27). The number of benzene rings is 1. The highest BCUT2D eigenvalue weighted by atomic mass is 35.5. The van der Waals surface area contributed by atoms with E-state index in [9.17, 15) is 0 Å². The van der Waals surface area contributed by atoms with E-state index in [2.05, 4.69) is 20.1 Å². The van der Waals surface area contributed by atoms with E-state index in [-0.39, 0.29) is 0 Å². The highest BCUT2D eigenvalue weighted by molar-refractivity contribution is 7.80. The number of piperazine rings is 1. The van der Waals surface area contributed by atoms with Gasteiger partial charge in [-0.2, -0.15) is 0 Å². The Morgan fingerprint density at radius 2 is 1.70 bits per heavy atom. The molecule has 144 valence electrons. The minimum atomic E-state index is 0.549. The fourth-order valence-corrected chi connectivity index (χ4v) is 3.82. The number of aromatic nitrogens is 1. The Labute approximate surface area is 175 Å². The van der Waals surface area contributed by atoms with Crippen LogP contribution in [0.25, 0.3) is 0 Å². The average molecular weight is 425 g/mol. The molecule has 2 aromatic rings. The van der Waals surface area contributed by atoms with Crippen molar-refractivity contribution >= 4 is 51.9 Å². The molecule has 3 rings (SSSR count). The first-order valence-corrected chi connectivity index (χ1v) is 9.83. The molecule has 8 heteroatoms. The quantitative estimate of drug-likeness (QED) is 0.729. The van der Waals surface area contributed by atoms with Crippen molar-refractivity contribution in [2.24, 2.45) is 0 Å². The van der Waals surface area contributed by atoms with E-state index in [0.717, 1.165) is 48.8 Å². The van der Waals surface area contributed by atoms with Gasteiger partial charge in [0.15, 0.2) is 5.11 Å². The summed E-state index contributed by atoms with van der Waals surface area (Å²) in [5.41, 5.74) is 3.85. The van der Waals surface area contributed by atoms with E-state index in [1.165, 1.54) is 0 Å². The summed E-state index contributed by atoms with van der Waals surface area (Å²) in [5.74, 6) is 0.549. The number of ether oxygens (including phenoxy) is 1. The summed E-state index contributed by atoms with van der Waals surface area (Å²) in [6, 6.07) is 7.63. The zero-order valence-corrected chi connectivity index (χ0v) is 17.9. The summed E-state index contributed by atoms with van der Waals surface area (Å²) >= 11 is 17.8. The molecule has 1 N–H and O–H groups in total. The minimum Gasteiger partial charge on any atom is -0.480 e. The first-order valence-electron chi connectivity index (χ1n) is 8.66. The number of rotatable bonds is 3. The summed E-state index contributed by atoms with van der Waals surface area (Å²) in [6.07, 6.45) is 0. The van der Waals surface area contributed by atoms with Crippen LogP contribution in [0.4, 0.5) is 11.4 Å². The number of nitrogens with zero attached hydrogens (tertiary/aromatic N) is 3. The number of thiocarbonyl (C=S) groups is 1. The van der Waals surface area contributed by atoms with Gasteiger partial charge in [0.05, 0.1) is 7.11 Å². The number of nitrogens with one attached hydrogen (secondary N) is 1. The smallest absolute Gasteiger partial charge is 0.237 e. The number of pyridine rings is 1. The van der Waals surface area contributed by atoms with Gasteiger partial charge in [-0.3, -0.25) is 0 Å². The predicted molar refractivity (Wildman–Crippen MR) is 117 cm³/mol. The predicted octanol–water partition coefficient (Wildman–Crippen LogP) is 4.53. The van der Waals surface area contributed by atoms with Crippen LogP contribution >= 0.6 is 35.4 Å². The largest absolute Gasteiger partial charge is 0.480 e. The van der Waals surface area contributed by atoms with Crippen molar-refractivity contribution in [3.63, 3.8) is 0 Å². The highest BCUT2D eigenvalue weighted by Gasteiger charge is 2.21. The summed E-state index contributed by atoms with van der Waals surface area (Å²) in [5, 5.41) is 5.24. The lowest BCUT2D eigenvalue weighted by Gasteiger charge is -2.37. The van der Waals surface area contributed by atoms with Crippen LogP contribution < -0.4 is 15.0 Å². The Bertz CT molecular complexity index is 834. The second kappa shape index (κ2) is 8.50. The molecule has 2 heterocycles. The third kappa shape index (κ3) is 4.75. The zero-order valence-electron chi connectivity index (χ0n) is 15.6. The van der Waals surface area contributed by atoms with E-state index in [0.29, 0.717) is 21.0 Å². The van der Waals surface area contributed by atoms with Crippen molar-refractivity contribution < 1.29 is 4.74 Å². The lowest BCUT2D eigenvalue weighted by Crippen LogP contribution is -2.50. The molecule has 1 aliphatic rings. The van der Waals surface area contributed by atoms with Crippen LogP contribution in [0.15, 0.2) is 24.3 Å². The number of hydrogen-bond donors (Lipinski definition) is 1. The van der Waals surface area contributed by atoms with Crippen molar-refractivity contribution in [3.8, 4) is 5.88 Å². The molecule has 1 aromatic carbocycles. The lowest BCUT2D eigenvalue weighted by atomic mass is 10.2. The molecule has 27 heavy (non-hydrogen) atoms. The molecular formula is C19H22Cl2N4OS. The van der Waals surface area contributed by atoms with Gasteiger partial charge >= 0.3 is 0 Å². The van der Waals surface area contributed by atoms with Gasteiger partial charge < -0.3 is 19.9 Å². The first kappa shape index (κ1) is 20.0. The minimum absolute atomic E-state index is 0.549. The molecule has 0 radical (unpaired) electrons.